The first-order valence-corrected chi connectivity index (χ1v) is 7.17. The van der Waals surface area contributed by atoms with Gasteiger partial charge in [-0.1, -0.05) is 18.2 Å². The monoisotopic (exact) mass is 288 g/mol. The molecule has 0 aliphatic heterocycles. The number of carbonyl (C=O) groups is 2. The van der Waals surface area contributed by atoms with E-state index in [2.05, 4.69) is 10.6 Å². The molecule has 1 amide bonds. The molecule has 0 aliphatic rings. The van der Waals surface area contributed by atoms with Crippen LogP contribution in [0.15, 0.2) is 41.8 Å². The first kappa shape index (κ1) is 14.3. The van der Waals surface area contributed by atoms with Crippen LogP contribution < -0.4 is 10.6 Å². The predicted molar refractivity (Wildman–Crippen MR) is 81.1 cm³/mol. The molecule has 104 valence electrons. The van der Waals surface area contributed by atoms with Crippen LogP contribution >= 0.6 is 11.3 Å². The Kier molecular flexibility index (Phi) is 4.90. The SMILES string of the molecule is CC(=O)c1ccccc1NCC(=O)NCc1cccs1. The van der Waals surface area contributed by atoms with Crippen molar-refractivity contribution in [3.05, 3.63) is 52.2 Å². The van der Waals surface area contributed by atoms with Crippen molar-refractivity contribution in [3.63, 3.8) is 0 Å². The summed E-state index contributed by atoms with van der Waals surface area (Å²) in [6.07, 6.45) is 0. The number of carbonyl (C=O) groups excluding carboxylic acids is 2. The van der Waals surface area contributed by atoms with Gasteiger partial charge in [0.1, 0.15) is 0 Å². The Bertz CT molecular complexity index is 594. The zero-order valence-electron chi connectivity index (χ0n) is 11.2. The van der Waals surface area contributed by atoms with E-state index in [1.807, 2.05) is 23.6 Å². The number of Topliss-reactive ketones (excluding diaryl/α,β-unsaturated/α-hetero) is 1. The maximum absolute atomic E-state index is 11.7. The van der Waals surface area contributed by atoms with Crippen molar-refractivity contribution in [1.29, 1.82) is 0 Å². The van der Waals surface area contributed by atoms with E-state index in [0.717, 1.165) is 4.88 Å². The fourth-order valence-electron chi connectivity index (χ4n) is 1.78. The number of amides is 1. The third kappa shape index (κ3) is 3.93. The maximum Gasteiger partial charge on any atom is 0.239 e. The van der Waals surface area contributed by atoms with Gasteiger partial charge in [-0.25, -0.2) is 0 Å². The second kappa shape index (κ2) is 6.86. The molecule has 0 radical (unpaired) electrons. The van der Waals surface area contributed by atoms with Gasteiger partial charge in [-0.05, 0) is 30.5 Å². The molecule has 1 aromatic heterocycles. The highest BCUT2D eigenvalue weighted by molar-refractivity contribution is 7.09. The summed E-state index contributed by atoms with van der Waals surface area (Å²) >= 11 is 1.61. The Morgan fingerprint density at radius 2 is 1.95 bits per heavy atom. The Hall–Kier alpha value is -2.14. The Balaban J connectivity index is 1.85. The van der Waals surface area contributed by atoms with Gasteiger partial charge < -0.3 is 10.6 Å². The third-order valence-corrected chi connectivity index (χ3v) is 3.66. The molecule has 0 unspecified atom stereocenters. The number of rotatable bonds is 6. The van der Waals surface area contributed by atoms with Crippen molar-refractivity contribution < 1.29 is 9.59 Å². The van der Waals surface area contributed by atoms with Crippen LogP contribution in [0.5, 0.6) is 0 Å². The van der Waals surface area contributed by atoms with Gasteiger partial charge in [0, 0.05) is 16.1 Å². The van der Waals surface area contributed by atoms with Crippen molar-refractivity contribution in [2.75, 3.05) is 11.9 Å². The summed E-state index contributed by atoms with van der Waals surface area (Å²) in [4.78, 5) is 24.3. The molecule has 0 fully saturated rings. The average Bonchev–Trinajstić information content (AvgIpc) is 2.96. The lowest BCUT2D eigenvalue weighted by atomic mass is 10.1. The summed E-state index contributed by atoms with van der Waals surface area (Å²) in [6, 6.07) is 11.1. The molecule has 1 aromatic carbocycles. The fourth-order valence-corrected chi connectivity index (χ4v) is 2.43. The van der Waals surface area contributed by atoms with Crippen molar-refractivity contribution in [2.24, 2.45) is 0 Å². The fraction of sp³-hybridized carbons (Fsp3) is 0.200. The van der Waals surface area contributed by atoms with E-state index in [4.69, 9.17) is 0 Å². The van der Waals surface area contributed by atoms with Crippen molar-refractivity contribution in [1.82, 2.24) is 5.32 Å². The lowest BCUT2D eigenvalue weighted by molar-refractivity contribution is -0.119. The highest BCUT2D eigenvalue weighted by Gasteiger charge is 2.07. The molecular weight excluding hydrogens is 272 g/mol. The molecule has 0 bridgehead atoms. The zero-order chi connectivity index (χ0) is 14.4. The zero-order valence-corrected chi connectivity index (χ0v) is 12.0. The van der Waals surface area contributed by atoms with Crippen LogP contribution in [-0.2, 0) is 11.3 Å². The molecule has 2 N–H and O–H groups in total. The summed E-state index contributed by atoms with van der Waals surface area (Å²) in [5, 5.41) is 7.80. The van der Waals surface area contributed by atoms with Crippen LogP contribution in [0.25, 0.3) is 0 Å². The van der Waals surface area contributed by atoms with Gasteiger partial charge >= 0.3 is 0 Å². The van der Waals surface area contributed by atoms with E-state index in [9.17, 15) is 9.59 Å². The van der Waals surface area contributed by atoms with Gasteiger partial charge in [-0.2, -0.15) is 0 Å². The minimum absolute atomic E-state index is 0.0212. The molecule has 2 aromatic rings. The summed E-state index contributed by atoms with van der Waals surface area (Å²) in [7, 11) is 0. The Morgan fingerprint density at radius 1 is 1.15 bits per heavy atom. The van der Waals surface area contributed by atoms with Gasteiger partial charge in [0.25, 0.3) is 0 Å². The van der Waals surface area contributed by atoms with Crippen LogP contribution in [0.3, 0.4) is 0 Å². The molecule has 5 heteroatoms. The Morgan fingerprint density at radius 3 is 2.65 bits per heavy atom. The van der Waals surface area contributed by atoms with E-state index in [-0.39, 0.29) is 18.2 Å². The lowest BCUT2D eigenvalue weighted by Gasteiger charge is -2.10. The maximum atomic E-state index is 11.7. The number of hydrogen-bond acceptors (Lipinski definition) is 4. The van der Waals surface area contributed by atoms with E-state index in [1.54, 1.807) is 29.5 Å². The van der Waals surface area contributed by atoms with E-state index in [0.29, 0.717) is 17.8 Å². The molecule has 0 aliphatic carbocycles. The van der Waals surface area contributed by atoms with Gasteiger partial charge in [0.2, 0.25) is 5.91 Å². The standard InChI is InChI=1S/C15H16N2O2S/c1-11(18)13-6-2-3-7-14(13)16-10-15(19)17-9-12-5-4-8-20-12/h2-8,16H,9-10H2,1H3,(H,17,19). The Labute approximate surface area is 121 Å². The first-order valence-electron chi connectivity index (χ1n) is 6.29. The lowest BCUT2D eigenvalue weighted by Crippen LogP contribution is -2.29. The van der Waals surface area contributed by atoms with Crippen LogP contribution in [-0.4, -0.2) is 18.2 Å². The topological polar surface area (TPSA) is 58.2 Å². The molecule has 4 nitrogen and oxygen atoms in total. The number of hydrogen-bond donors (Lipinski definition) is 2. The van der Waals surface area contributed by atoms with Crippen LogP contribution in [0.2, 0.25) is 0 Å². The van der Waals surface area contributed by atoms with Gasteiger partial charge in [0.15, 0.2) is 5.78 Å². The number of para-hydroxylation sites is 1. The number of benzene rings is 1. The molecule has 20 heavy (non-hydrogen) atoms. The highest BCUT2D eigenvalue weighted by atomic mass is 32.1. The van der Waals surface area contributed by atoms with Gasteiger partial charge in [-0.15, -0.1) is 11.3 Å². The normalized spacial score (nSPS) is 10.1. The number of nitrogens with one attached hydrogen (secondary N) is 2. The summed E-state index contributed by atoms with van der Waals surface area (Å²) < 4.78 is 0. The third-order valence-electron chi connectivity index (χ3n) is 2.79. The smallest absolute Gasteiger partial charge is 0.239 e. The van der Waals surface area contributed by atoms with Crippen molar-refractivity contribution in [2.45, 2.75) is 13.5 Å². The first-order chi connectivity index (χ1) is 9.66. The molecule has 0 atom stereocenters. The minimum atomic E-state index is -0.100. The number of anilines is 1. The predicted octanol–water partition coefficient (Wildman–Crippen LogP) is 2.68. The summed E-state index contributed by atoms with van der Waals surface area (Å²) in [5.41, 5.74) is 1.28. The largest absolute Gasteiger partial charge is 0.376 e. The molecule has 0 saturated heterocycles. The quantitative estimate of drug-likeness (QED) is 0.803. The molecule has 1 heterocycles. The van der Waals surface area contributed by atoms with Gasteiger partial charge in [-0.3, -0.25) is 9.59 Å². The van der Waals surface area contributed by atoms with Crippen molar-refractivity contribution in [3.8, 4) is 0 Å². The van der Waals surface area contributed by atoms with E-state index in [1.165, 1.54) is 6.92 Å². The van der Waals surface area contributed by atoms with Crippen LogP contribution in [0.1, 0.15) is 22.2 Å². The second-order valence-electron chi connectivity index (χ2n) is 4.31. The molecule has 0 spiro atoms. The average molecular weight is 288 g/mol. The number of thiophene rings is 1. The highest BCUT2D eigenvalue weighted by Crippen LogP contribution is 2.15. The molecule has 0 saturated carbocycles. The van der Waals surface area contributed by atoms with Crippen LogP contribution in [0.4, 0.5) is 5.69 Å². The summed E-state index contributed by atoms with van der Waals surface area (Å²) in [6.45, 7) is 2.19. The molecule has 2 rings (SSSR count). The minimum Gasteiger partial charge on any atom is -0.376 e. The number of ketones is 1. The second-order valence-corrected chi connectivity index (χ2v) is 5.34. The van der Waals surface area contributed by atoms with Gasteiger partial charge in [0.05, 0.1) is 13.1 Å². The molecular formula is C15H16N2O2S. The van der Waals surface area contributed by atoms with Crippen molar-refractivity contribution >= 4 is 28.7 Å². The van der Waals surface area contributed by atoms with E-state index >= 15 is 0 Å². The summed E-state index contributed by atoms with van der Waals surface area (Å²) in [5.74, 6) is -0.121. The van der Waals surface area contributed by atoms with E-state index < -0.39 is 0 Å². The van der Waals surface area contributed by atoms with Crippen LogP contribution in [0, 0.1) is 0 Å².